The molecule has 6 nitrogen and oxygen atoms in total. The Morgan fingerprint density at radius 1 is 1.07 bits per heavy atom. The molecule has 0 aliphatic carbocycles. The number of carbonyl (C=O) groups excluding carboxylic acids is 2. The number of benzene rings is 2. The first-order chi connectivity index (χ1) is 13.1. The van der Waals surface area contributed by atoms with E-state index < -0.39 is 16.0 Å². The van der Waals surface area contributed by atoms with E-state index in [0.29, 0.717) is 11.3 Å². The Kier molecular flexibility index (Phi) is 7.26. The maximum Gasteiger partial charge on any atom is 0.316 e. The molecule has 2 aromatic carbocycles. The molecule has 0 saturated carbocycles. The second-order valence-corrected chi connectivity index (χ2v) is 9.45. The summed E-state index contributed by atoms with van der Waals surface area (Å²) in [6.45, 7) is 3.63. The predicted octanol–water partition coefficient (Wildman–Crippen LogP) is 3.22. The standard InChI is InChI=1S/C20H23NO5S2/c1-14-5-10-19(15(2)11-14)27-13-20(23)26-12-18(22)16-6-8-17(9-7-16)21(3)28(4,24)25/h5-11H,12-13H2,1-4H3. The van der Waals surface area contributed by atoms with Crippen LogP contribution < -0.4 is 4.31 Å². The molecule has 0 aliphatic heterocycles. The number of hydrogen-bond donors (Lipinski definition) is 0. The summed E-state index contributed by atoms with van der Waals surface area (Å²) in [6, 6.07) is 12.1. The van der Waals surface area contributed by atoms with Gasteiger partial charge in [0.25, 0.3) is 0 Å². The smallest absolute Gasteiger partial charge is 0.316 e. The molecule has 0 heterocycles. The molecule has 0 bridgehead atoms. The molecule has 0 fully saturated rings. The van der Waals surface area contributed by atoms with E-state index in [1.54, 1.807) is 0 Å². The van der Waals surface area contributed by atoms with E-state index >= 15 is 0 Å². The van der Waals surface area contributed by atoms with Gasteiger partial charge in [-0.25, -0.2) is 8.42 Å². The molecular weight excluding hydrogens is 398 g/mol. The van der Waals surface area contributed by atoms with Gasteiger partial charge in [-0.3, -0.25) is 13.9 Å². The zero-order chi connectivity index (χ0) is 20.9. The third kappa shape index (κ3) is 6.10. The van der Waals surface area contributed by atoms with E-state index in [1.807, 2.05) is 32.0 Å². The molecule has 28 heavy (non-hydrogen) atoms. The number of Topliss-reactive ketones (excluding diaryl/α,β-unsaturated/α-hetero) is 1. The van der Waals surface area contributed by atoms with Crippen LogP contribution in [0.1, 0.15) is 21.5 Å². The van der Waals surface area contributed by atoms with Crippen LogP contribution in [0.5, 0.6) is 0 Å². The average molecular weight is 422 g/mol. The van der Waals surface area contributed by atoms with Gasteiger partial charge in [0.15, 0.2) is 12.4 Å². The second-order valence-electron chi connectivity index (χ2n) is 6.42. The maximum absolute atomic E-state index is 12.2. The van der Waals surface area contributed by atoms with E-state index in [-0.39, 0.29) is 18.1 Å². The van der Waals surface area contributed by atoms with Gasteiger partial charge < -0.3 is 4.74 Å². The van der Waals surface area contributed by atoms with Gasteiger partial charge in [-0.1, -0.05) is 17.7 Å². The summed E-state index contributed by atoms with van der Waals surface area (Å²) in [6.07, 6.45) is 1.10. The van der Waals surface area contributed by atoms with Crippen molar-refractivity contribution in [1.29, 1.82) is 0 Å². The highest BCUT2D eigenvalue weighted by atomic mass is 32.2. The van der Waals surface area contributed by atoms with Crippen molar-refractivity contribution in [1.82, 2.24) is 0 Å². The van der Waals surface area contributed by atoms with Crippen LogP contribution in [0.3, 0.4) is 0 Å². The first-order valence-electron chi connectivity index (χ1n) is 8.51. The van der Waals surface area contributed by atoms with E-state index in [4.69, 9.17) is 4.74 Å². The predicted molar refractivity (Wildman–Crippen MR) is 112 cm³/mol. The molecule has 0 radical (unpaired) electrons. The SMILES string of the molecule is Cc1ccc(SCC(=O)OCC(=O)c2ccc(N(C)S(C)(=O)=O)cc2)c(C)c1. The first-order valence-corrected chi connectivity index (χ1v) is 11.3. The molecule has 0 aliphatic rings. The summed E-state index contributed by atoms with van der Waals surface area (Å²) in [5.74, 6) is -0.694. The van der Waals surface area contributed by atoms with Gasteiger partial charge in [0.1, 0.15) is 0 Å². The van der Waals surface area contributed by atoms with Gasteiger partial charge >= 0.3 is 5.97 Å². The summed E-state index contributed by atoms with van der Waals surface area (Å²) in [7, 11) is -1.94. The highest BCUT2D eigenvalue weighted by Crippen LogP contribution is 2.23. The molecule has 0 aromatic heterocycles. The van der Waals surface area contributed by atoms with Crippen molar-refractivity contribution in [2.24, 2.45) is 0 Å². The van der Waals surface area contributed by atoms with Crippen molar-refractivity contribution in [3.63, 3.8) is 0 Å². The number of sulfonamides is 1. The Labute approximate surface area is 169 Å². The molecule has 0 spiro atoms. The van der Waals surface area contributed by atoms with Crippen LogP contribution in [0.4, 0.5) is 5.69 Å². The maximum atomic E-state index is 12.2. The molecule has 0 N–H and O–H groups in total. The number of rotatable bonds is 8. The van der Waals surface area contributed by atoms with Gasteiger partial charge in [0, 0.05) is 17.5 Å². The molecule has 2 rings (SSSR count). The second kappa shape index (κ2) is 9.25. The van der Waals surface area contributed by atoms with Crippen molar-refractivity contribution in [3.8, 4) is 0 Å². The molecule has 8 heteroatoms. The van der Waals surface area contributed by atoms with Crippen LogP contribution in [0.15, 0.2) is 47.4 Å². The number of ether oxygens (including phenoxy) is 1. The molecule has 2 aromatic rings. The zero-order valence-electron chi connectivity index (χ0n) is 16.3. The third-order valence-corrected chi connectivity index (χ3v) is 6.45. The minimum atomic E-state index is -3.37. The lowest BCUT2D eigenvalue weighted by atomic mass is 10.1. The van der Waals surface area contributed by atoms with Crippen molar-refractivity contribution >= 4 is 39.2 Å². The van der Waals surface area contributed by atoms with Crippen LogP contribution >= 0.6 is 11.8 Å². The summed E-state index contributed by atoms with van der Waals surface area (Å²) in [5, 5.41) is 0. The highest BCUT2D eigenvalue weighted by Gasteiger charge is 2.14. The van der Waals surface area contributed by atoms with Crippen molar-refractivity contribution < 1.29 is 22.7 Å². The van der Waals surface area contributed by atoms with E-state index in [1.165, 1.54) is 43.1 Å². The number of nitrogens with zero attached hydrogens (tertiary/aromatic N) is 1. The Morgan fingerprint density at radius 3 is 2.29 bits per heavy atom. The summed E-state index contributed by atoms with van der Waals surface area (Å²) in [5.41, 5.74) is 3.04. The lowest BCUT2D eigenvalue weighted by Gasteiger charge is -2.16. The van der Waals surface area contributed by atoms with E-state index in [2.05, 4.69) is 0 Å². The molecule has 0 saturated heterocycles. The number of thioether (sulfide) groups is 1. The minimum absolute atomic E-state index is 0.120. The minimum Gasteiger partial charge on any atom is -0.457 e. The number of anilines is 1. The van der Waals surface area contributed by atoms with Crippen molar-refractivity contribution in [3.05, 3.63) is 59.2 Å². The van der Waals surface area contributed by atoms with Gasteiger partial charge in [-0.2, -0.15) is 0 Å². The first kappa shape index (κ1) is 22.0. The fourth-order valence-corrected chi connectivity index (χ4v) is 3.73. The van der Waals surface area contributed by atoms with Crippen LogP contribution in [0.25, 0.3) is 0 Å². The Hall–Kier alpha value is -2.32. The topological polar surface area (TPSA) is 80.8 Å². The highest BCUT2D eigenvalue weighted by molar-refractivity contribution is 8.00. The molecule has 0 amide bonds. The summed E-state index contributed by atoms with van der Waals surface area (Å²) in [4.78, 5) is 25.1. The number of aryl methyl sites for hydroxylation is 2. The van der Waals surface area contributed by atoms with E-state index in [9.17, 15) is 18.0 Å². The fraction of sp³-hybridized carbons (Fsp3) is 0.300. The third-order valence-electron chi connectivity index (χ3n) is 4.09. The fourth-order valence-electron chi connectivity index (χ4n) is 2.42. The lowest BCUT2D eigenvalue weighted by Crippen LogP contribution is -2.24. The van der Waals surface area contributed by atoms with Gasteiger partial charge in [-0.15, -0.1) is 11.8 Å². The summed E-state index contributed by atoms with van der Waals surface area (Å²) >= 11 is 1.37. The monoisotopic (exact) mass is 421 g/mol. The van der Waals surface area contributed by atoms with Gasteiger partial charge in [0.2, 0.25) is 10.0 Å². The quantitative estimate of drug-likeness (QED) is 0.370. The van der Waals surface area contributed by atoms with Crippen molar-refractivity contribution in [2.45, 2.75) is 18.7 Å². The van der Waals surface area contributed by atoms with Gasteiger partial charge in [-0.05, 0) is 49.7 Å². The normalized spacial score (nSPS) is 11.1. The molecule has 0 atom stereocenters. The Bertz CT molecular complexity index is 969. The zero-order valence-corrected chi connectivity index (χ0v) is 17.9. The molecule has 150 valence electrons. The van der Waals surface area contributed by atoms with E-state index in [0.717, 1.165) is 26.6 Å². The molecule has 0 unspecified atom stereocenters. The largest absolute Gasteiger partial charge is 0.457 e. The molecular formula is C20H23NO5S2. The van der Waals surface area contributed by atoms with Gasteiger partial charge in [0.05, 0.1) is 17.7 Å². The Morgan fingerprint density at radius 2 is 1.71 bits per heavy atom. The van der Waals surface area contributed by atoms with Crippen LogP contribution in [0, 0.1) is 13.8 Å². The number of carbonyl (C=O) groups is 2. The lowest BCUT2D eigenvalue weighted by molar-refractivity contribution is -0.139. The Balaban J connectivity index is 1.86. The average Bonchev–Trinajstić information content (AvgIpc) is 2.64. The number of esters is 1. The van der Waals surface area contributed by atoms with Crippen LogP contribution in [-0.4, -0.2) is 45.8 Å². The number of ketones is 1. The van der Waals surface area contributed by atoms with Crippen LogP contribution in [-0.2, 0) is 19.6 Å². The van der Waals surface area contributed by atoms with Crippen LogP contribution in [0.2, 0.25) is 0 Å². The van der Waals surface area contributed by atoms with Crippen molar-refractivity contribution in [2.75, 3.05) is 30.0 Å². The number of hydrogen-bond acceptors (Lipinski definition) is 6. The summed E-state index contributed by atoms with van der Waals surface area (Å²) < 4.78 is 29.2.